The summed E-state index contributed by atoms with van der Waals surface area (Å²) >= 11 is 0. The summed E-state index contributed by atoms with van der Waals surface area (Å²) < 4.78 is 16.6. The van der Waals surface area contributed by atoms with Crippen molar-refractivity contribution < 1.29 is 24.2 Å². The molecular formula is C31H40FN3O5. The maximum Gasteiger partial charge on any atom is 0.341 e. The number of likely N-dealkylation sites (N-methyl/N-ethyl adjacent to an activating group) is 1. The van der Waals surface area contributed by atoms with Gasteiger partial charge in [0.05, 0.1) is 6.04 Å². The Balaban J connectivity index is 2.32. The van der Waals surface area contributed by atoms with Crippen LogP contribution in [0.5, 0.6) is 5.75 Å². The number of rotatable bonds is 10. The lowest BCUT2D eigenvalue weighted by Gasteiger charge is -2.37. The number of hydrogen-bond donors (Lipinski definition) is 2. The van der Waals surface area contributed by atoms with E-state index in [0.29, 0.717) is 42.9 Å². The highest BCUT2D eigenvalue weighted by atomic mass is 19.1. The summed E-state index contributed by atoms with van der Waals surface area (Å²) in [5.41, 5.74) is 0.953. The van der Waals surface area contributed by atoms with Crippen LogP contribution in [0.15, 0.2) is 70.0 Å². The van der Waals surface area contributed by atoms with Crippen LogP contribution in [-0.2, 0) is 0 Å². The number of aromatic nitrogens is 1. The molecule has 2 N–H and O–H groups in total. The summed E-state index contributed by atoms with van der Waals surface area (Å²) in [5.74, 6) is -3.16. The number of carbonyl (C=O) groups is 2. The zero-order valence-electron chi connectivity index (χ0n) is 24.0. The topological polar surface area (TPSA) is 103 Å². The summed E-state index contributed by atoms with van der Waals surface area (Å²) in [7, 11) is 3.24. The molecule has 0 bridgehead atoms. The van der Waals surface area contributed by atoms with Crippen molar-refractivity contribution in [3.05, 3.63) is 86.7 Å². The van der Waals surface area contributed by atoms with Crippen molar-refractivity contribution in [2.75, 3.05) is 25.6 Å². The van der Waals surface area contributed by atoms with Gasteiger partial charge in [0.1, 0.15) is 11.4 Å². The molecule has 1 aromatic heterocycles. The summed E-state index contributed by atoms with van der Waals surface area (Å²) in [5, 5.41) is 22.3. The van der Waals surface area contributed by atoms with Crippen molar-refractivity contribution in [1.82, 2.24) is 9.58 Å². The number of carboxylic acid groups (broad SMARTS) is 1. The van der Waals surface area contributed by atoms with Crippen molar-refractivity contribution in [3.63, 3.8) is 0 Å². The molecule has 40 heavy (non-hydrogen) atoms. The zero-order valence-corrected chi connectivity index (χ0v) is 24.0. The number of allylic oxidation sites excluding steroid dienone is 6. The fraction of sp³-hybridized carbons (Fsp3) is 0.452. The van der Waals surface area contributed by atoms with E-state index in [9.17, 15) is 24.6 Å². The Kier molecular flexibility index (Phi) is 9.95. The fourth-order valence-electron chi connectivity index (χ4n) is 5.61. The molecule has 1 atom stereocenters. The van der Waals surface area contributed by atoms with Crippen LogP contribution in [0.2, 0.25) is 0 Å². The normalized spacial score (nSPS) is 18.6. The summed E-state index contributed by atoms with van der Waals surface area (Å²) in [4.78, 5) is 40.0. The lowest BCUT2D eigenvalue weighted by molar-refractivity contribution is 0.0685. The zero-order chi connectivity index (χ0) is 29.7. The average molecular weight is 554 g/mol. The first-order chi connectivity index (χ1) is 19.0. The van der Waals surface area contributed by atoms with E-state index < -0.39 is 40.5 Å². The monoisotopic (exact) mass is 553 g/mol. The molecular weight excluding hydrogens is 513 g/mol. The molecule has 0 spiro atoms. The third-order valence-corrected chi connectivity index (χ3v) is 8.01. The second-order valence-electron chi connectivity index (χ2n) is 10.5. The Morgan fingerprint density at radius 2 is 1.93 bits per heavy atom. The van der Waals surface area contributed by atoms with Crippen LogP contribution in [-0.4, -0.2) is 58.3 Å². The van der Waals surface area contributed by atoms with Gasteiger partial charge in [0.2, 0.25) is 5.43 Å². The Labute approximate surface area is 235 Å². The molecule has 1 fully saturated rings. The maximum absolute atomic E-state index is 15.3. The van der Waals surface area contributed by atoms with Gasteiger partial charge >= 0.3 is 5.97 Å². The van der Waals surface area contributed by atoms with Crippen molar-refractivity contribution in [2.24, 2.45) is 5.92 Å². The van der Waals surface area contributed by atoms with Crippen LogP contribution in [0.3, 0.4) is 0 Å². The van der Waals surface area contributed by atoms with Gasteiger partial charge in [-0.1, -0.05) is 43.7 Å². The van der Waals surface area contributed by atoms with E-state index in [1.54, 1.807) is 26.0 Å². The molecule has 0 aliphatic heterocycles. The first-order valence-electron chi connectivity index (χ1n) is 13.7. The standard InChI is InChI=1S/C31H40FN3O5/c1-7-11-23-21(9-3)15-16-22(25(32)12-8-2)19(4)26(23)34(6)35-18-24(31(39)40)28(36)29(37)27(35)30(38)33(5)17-20-13-10-14-20/h7-8,11-12,18,20,26,37H,2,9-10,13-17H2,1,3-6H3,(H,39,40)/b11-7-,25-12+. The van der Waals surface area contributed by atoms with E-state index in [0.717, 1.165) is 36.6 Å². The molecule has 1 heterocycles. The van der Waals surface area contributed by atoms with Gasteiger partial charge in [-0.3, -0.25) is 14.3 Å². The summed E-state index contributed by atoms with van der Waals surface area (Å²) in [6.07, 6.45) is 12.4. The van der Waals surface area contributed by atoms with E-state index in [1.807, 2.05) is 26.0 Å². The number of nitrogens with zero attached hydrogens (tertiary/aromatic N) is 3. The summed E-state index contributed by atoms with van der Waals surface area (Å²) in [6, 6.07) is -0.639. The molecule has 8 nitrogen and oxygen atoms in total. The van der Waals surface area contributed by atoms with Crippen LogP contribution in [0.1, 0.15) is 80.1 Å². The van der Waals surface area contributed by atoms with Gasteiger partial charge in [0, 0.05) is 26.8 Å². The van der Waals surface area contributed by atoms with Crippen LogP contribution >= 0.6 is 0 Å². The van der Waals surface area contributed by atoms with Gasteiger partial charge in [0.15, 0.2) is 11.4 Å². The number of aromatic carboxylic acids is 1. The van der Waals surface area contributed by atoms with E-state index in [1.165, 1.54) is 21.7 Å². The second-order valence-corrected chi connectivity index (χ2v) is 10.5. The predicted molar refractivity (Wildman–Crippen MR) is 155 cm³/mol. The number of halogens is 1. The SMILES string of the molecule is C=C/C=C(/F)C1=C(C)C(N(C)n2cc(C(=O)O)c(=O)c(O)c2C(=O)N(C)CC2CCC2)C(/C=C\C)=C(CC)CC1. The lowest BCUT2D eigenvalue weighted by Crippen LogP contribution is -2.47. The van der Waals surface area contributed by atoms with Gasteiger partial charge < -0.3 is 20.1 Å². The lowest BCUT2D eigenvalue weighted by atomic mass is 9.85. The number of amides is 1. The molecule has 1 saturated carbocycles. The molecule has 3 rings (SSSR count). The number of pyridine rings is 1. The van der Waals surface area contributed by atoms with Crippen molar-refractivity contribution in [2.45, 2.75) is 65.3 Å². The molecule has 216 valence electrons. The molecule has 0 saturated heterocycles. The average Bonchev–Trinajstić information content (AvgIpc) is 3.02. The quantitative estimate of drug-likeness (QED) is 0.371. The first-order valence-corrected chi connectivity index (χ1v) is 13.7. The van der Waals surface area contributed by atoms with Gasteiger partial charge in [-0.15, -0.1) is 0 Å². The third kappa shape index (κ3) is 5.98. The number of hydrogen-bond acceptors (Lipinski definition) is 5. The van der Waals surface area contributed by atoms with E-state index in [2.05, 4.69) is 6.58 Å². The predicted octanol–water partition coefficient (Wildman–Crippen LogP) is 5.49. The van der Waals surface area contributed by atoms with E-state index >= 15 is 4.39 Å². The van der Waals surface area contributed by atoms with Gasteiger partial charge in [-0.25, -0.2) is 9.18 Å². The van der Waals surface area contributed by atoms with Crippen molar-refractivity contribution in [1.29, 1.82) is 0 Å². The molecule has 1 unspecified atom stereocenters. The molecule has 1 amide bonds. The highest BCUT2D eigenvalue weighted by Crippen LogP contribution is 2.37. The number of carboxylic acids is 1. The van der Waals surface area contributed by atoms with E-state index in [4.69, 9.17) is 0 Å². The van der Waals surface area contributed by atoms with Gasteiger partial charge in [-0.05, 0) is 74.7 Å². The van der Waals surface area contributed by atoms with E-state index in [-0.39, 0.29) is 5.69 Å². The van der Waals surface area contributed by atoms with Gasteiger partial charge in [0.25, 0.3) is 5.91 Å². The molecule has 2 aliphatic carbocycles. The summed E-state index contributed by atoms with van der Waals surface area (Å²) in [6.45, 7) is 9.76. The van der Waals surface area contributed by atoms with Crippen LogP contribution in [0, 0.1) is 5.92 Å². The molecule has 1 aromatic rings. The Morgan fingerprint density at radius 3 is 2.45 bits per heavy atom. The van der Waals surface area contributed by atoms with Crippen LogP contribution in [0.25, 0.3) is 0 Å². The molecule has 0 radical (unpaired) electrons. The highest BCUT2D eigenvalue weighted by Gasteiger charge is 2.34. The second kappa shape index (κ2) is 13.0. The first kappa shape index (κ1) is 30.7. The molecule has 9 heteroatoms. The number of carbonyl (C=O) groups excluding carboxylic acids is 1. The Bertz CT molecular complexity index is 1360. The Hall–Kier alpha value is -3.88. The van der Waals surface area contributed by atoms with Crippen LogP contribution in [0.4, 0.5) is 4.39 Å². The Morgan fingerprint density at radius 1 is 1.25 bits per heavy atom. The largest absolute Gasteiger partial charge is 0.502 e. The maximum atomic E-state index is 15.3. The molecule has 2 aliphatic rings. The van der Waals surface area contributed by atoms with Gasteiger partial charge in [-0.2, -0.15) is 0 Å². The smallest absolute Gasteiger partial charge is 0.341 e. The number of aromatic hydroxyl groups is 1. The van der Waals surface area contributed by atoms with Crippen molar-refractivity contribution in [3.8, 4) is 5.75 Å². The minimum atomic E-state index is -1.53. The third-order valence-electron chi connectivity index (χ3n) is 8.01. The molecule has 0 aromatic carbocycles. The highest BCUT2D eigenvalue weighted by molar-refractivity contribution is 5.97. The fourth-order valence-corrected chi connectivity index (χ4v) is 5.61. The minimum Gasteiger partial charge on any atom is -0.502 e. The van der Waals surface area contributed by atoms with Crippen molar-refractivity contribution >= 4 is 11.9 Å². The minimum absolute atomic E-state index is 0.331. The van der Waals surface area contributed by atoms with Crippen LogP contribution < -0.4 is 10.4 Å².